The van der Waals surface area contributed by atoms with Crippen LogP contribution in [-0.2, 0) is 38.9 Å². The van der Waals surface area contributed by atoms with E-state index in [0.29, 0.717) is 30.2 Å². The van der Waals surface area contributed by atoms with Crippen molar-refractivity contribution in [1.82, 2.24) is 5.32 Å². The summed E-state index contributed by atoms with van der Waals surface area (Å²) in [6.45, 7) is 7.55. The van der Waals surface area contributed by atoms with Gasteiger partial charge in [-0.05, 0) is 0 Å². The van der Waals surface area contributed by atoms with Gasteiger partial charge in [0, 0.05) is 0 Å². The number of carbonyl (C=O) groups excluding carboxylic acids is 2. The van der Waals surface area contributed by atoms with Crippen molar-refractivity contribution < 1.29 is 38.9 Å². The Morgan fingerprint density at radius 2 is 2.00 bits per heavy atom. The third-order valence-corrected chi connectivity index (χ3v) is 12.3. The van der Waals surface area contributed by atoms with Gasteiger partial charge in [0.15, 0.2) is 0 Å². The Kier molecular flexibility index (Phi) is 8.99. The van der Waals surface area contributed by atoms with Crippen LogP contribution in [0.3, 0.4) is 0 Å². The zero-order valence-corrected chi connectivity index (χ0v) is 16.5. The van der Waals surface area contributed by atoms with E-state index in [-0.39, 0.29) is 14.6 Å². The summed E-state index contributed by atoms with van der Waals surface area (Å²) in [6.07, 6.45) is 0. The fraction of sp³-hybridized carbons (Fsp3) is 0.818. The van der Waals surface area contributed by atoms with Crippen LogP contribution in [0.2, 0.25) is 6.85 Å². The maximum atomic E-state index is 11.5. The second-order valence-electron chi connectivity index (χ2n) is 4.69. The molecule has 17 heavy (non-hydrogen) atoms. The van der Waals surface area contributed by atoms with E-state index in [1.54, 1.807) is 6.92 Å². The average Bonchev–Trinajstić information content (AvgIpc) is 2.26. The molecule has 0 saturated carbocycles. The topological polar surface area (TPSA) is 81.4 Å². The van der Waals surface area contributed by atoms with Crippen LogP contribution in [0.5, 0.6) is 0 Å². The second kappa shape index (κ2) is 9.00. The maximum absolute atomic E-state index is 11.5. The van der Waals surface area contributed by atoms with E-state index in [1.807, 2.05) is 13.8 Å². The van der Waals surface area contributed by atoms with Gasteiger partial charge in [0.2, 0.25) is 0 Å². The zero-order chi connectivity index (χ0) is 13.3. The van der Waals surface area contributed by atoms with Gasteiger partial charge in [0.25, 0.3) is 0 Å². The number of ether oxygens (including phenoxy) is 1. The Bertz CT molecular complexity index is 257. The predicted molar refractivity (Wildman–Crippen MR) is 62.4 cm³/mol. The summed E-state index contributed by atoms with van der Waals surface area (Å²) in [5.74, 6) is 0.260. The first-order valence-electron chi connectivity index (χ1n) is 5.95. The first-order chi connectivity index (χ1) is 7.90. The van der Waals surface area contributed by atoms with Gasteiger partial charge in [-0.3, -0.25) is 0 Å². The zero-order valence-electron chi connectivity index (χ0n) is 11.0. The third-order valence-electron chi connectivity index (χ3n) is 2.76. The number of rotatable bonds is 9. The number of nitrogens with one attached hydrogen (secondary N) is 1. The summed E-state index contributed by atoms with van der Waals surface area (Å²) in [5, 5.41) is 2.79. The Labute approximate surface area is 115 Å². The SMILES string of the molecule is CC(=O)[C](C)(C)[Hg][CH2]C(=O)NCCOCCN. The first-order valence-corrected chi connectivity index (χ1v) is 12.6. The Balaban J connectivity index is 3.63. The molecular weight excluding hydrogens is 409 g/mol. The van der Waals surface area contributed by atoms with E-state index in [9.17, 15) is 9.59 Å². The third kappa shape index (κ3) is 8.68. The van der Waals surface area contributed by atoms with Crippen molar-refractivity contribution in [3.8, 4) is 0 Å². The molecule has 0 aromatic heterocycles. The van der Waals surface area contributed by atoms with Gasteiger partial charge < -0.3 is 0 Å². The van der Waals surface area contributed by atoms with Crippen LogP contribution in [0.15, 0.2) is 0 Å². The molecule has 1 amide bonds. The molecule has 3 N–H and O–H groups in total. The molecule has 0 saturated heterocycles. The number of Topliss-reactive ketones (excluding diaryl/α,β-unsaturated/α-hetero) is 1. The molecule has 0 unspecified atom stereocenters. The van der Waals surface area contributed by atoms with Crippen molar-refractivity contribution in [2.24, 2.45) is 5.73 Å². The normalized spacial score (nSPS) is 10.8. The van der Waals surface area contributed by atoms with Gasteiger partial charge in [0.05, 0.1) is 0 Å². The number of amides is 1. The minimum absolute atomic E-state index is 0.0531. The molecule has 0 aromatic rings. The number of hydrogen-bond acceptors (Lipinski definition) is 4. The molecule has 5 nitrogen and oxygen atoms in total. The van der Waals surface area contributed by atoms with Crippen molar-refractivity contribution in [2.45, 2.75) is 27.6 Å². The van der Waals surface area contributed by atoms with Crippen LogP contribution in [0.4, 0.5) is 0 Å². The number of carbonyl (C=O) groups is 2. The average molecular weight is 431 g/mol. The van der Waals surface area contributed by atoms with Crippen LogP contribution >= 0.6 is 0 Å². The monoisotopic (exact) mass is 432 g/mol. The molecule has 0 aliphatic heterocycles. The van der Waals surface area contributed by atoms with Gasteiger partial charge >= 0.3 is 116 Å². The van der Waals surface area contributed by atoms with Crippen LogP contribution in [0.1, 0.15) is 20.8 Å². The predicted octanol–water partition coefficient (Wildman–Crippen LogP) is 0.366. The molecule has 0 aromatic carbocycles. The van der Waals surface area contributed by atoms with E-state index in [2.05, 4.69) is 5.32 Å². The van der Waals surface area contributed by atoms with Crippen molar-refractivity contribution >= 4 is 11.7 Å². The van der Waals surface area contributed by atoms with E-state index < -0.39 is 24.6 Å². The minimum atomic E-state index is -1.50. The van der Waals surface area contributed by atoms with Crippen molar-refractivity contribution in [2.75, 3.05) is 26.3 Å². The van der Waals surface area contributed by atoms with Crippen LogP contribution in [0.25, 0.3) is 0 Å². The summed E-state index contributed by atoms with van der Waals surface area (Å²) in [6, 6.07) is 0. The Morgan fingerprint density at radius 3 is 2.53 bits per heavy atom. The van der Waals surface area contributed by atoms with Gasteiger partial charge in [-0.15, -0.1) is 0 Å². The number of ketones is 1. The summed E-state index contributed by atoms with van der Waals surface area (Å²) in [4.78, 5) is 22.8. The van der Waals surface area contributed by atoms with Gasteiger partial charge in [-0.2, -0.15) is 0 Å². The van der Waals surface area contributed by atoms with Crippen molar-refractivity contribution in [3.63, 3.8) is 0 Å². The quantitative estimate of drug-likeness (QED) is 0.409. The van der Waals surface area contributed by atoms with E-state index in [1.165, 1.54) is 0 Å². The molecule has 0 aliphatic carbocycles. The molecule has 0 rings (SSSR count). The fourth-order valence-electron chi connectivity index (χ4n) is 1.14. The number of nitrogens with two attached hydrogens (primary N) is 1. The van der Waals surface area contributed by atoms with Crippen LogP contribution in [-0.4, -0.2) is 38.0 Å². The second-order valence-corrected chi connectivity index (χ2v) is 15.5. The molecule has 0 radical (unpaired) electrons. The van der Waals surface area contributed by atoms with Crippen LogP contribution in [0, 0.1) is 0 Å². The van der Waals surface area contributed by atoms with Crippen LogP contribution < -0.4 is 11.1 Å². The summed E-state index contributed by atoms with van der Waals surface area (Å²) < 4.78 is 5.53. The van der Waals surface area contributed by atoms with E-state index >= 15 is 0 Å². The van der Waals surface area contributed by atoms with Gasteiger partial charge in [-0.25, -0.2) is 0 Å². The molecule has 0 heterocycles. The fourth-order valence-corrected chi connectivity index (χ4v) is 6.51. The standard InChI is InChI=1S/C6H13N2O2.C5H9O.Hg/c1-6(9)8-3-5-10-4-2-7;1-4(2)5(3)6;/h1-5,7H2,(H,8,9);1-3H3;. The molecule has 0 atom stereocenters. The van der Waals surface area contributed by atoms with Gasteiger partial charge in [0.1, 0.15) is 0 Å². The molecule has 0 aliphatic rings. The summed E-state index contributed by atoms with van der Waals surface area (Å²) in [7, 11) is 0. The molecule has 0 bridgehead atoms. The van der Waals surface area contributed by atoms with Crippen molar-refractivity contribution in [1.29, 1.82) is 0 Å². The summed E-state index contributed by atoms with van der Waals surface area (Å²) >= 11 is -1.50. The molecule has 96 valence electrons. The molecule has 0 fully saturated rings. The van der Waals surface area contributed by atoms with Gasteiger partial charge in [-0.1, -0.05) is 0 Å². The molecular formula is C11H22HgN2O3. The Morgan fingerprint density at radius 1 is 1.35 bits per heavy atom. The summed E-state index contributed by atoms with van der Waals surface area (Å²) in [5.41, 5.74) is 5.26. The number of hydrogen-bond donors (Lipinski definition) is 2. The van der Waals surface area contributed by atoms with E-state index in [0.717, 1.165) is 0 Å². The Hall–Kier alpha value is -0.00494. The first kappa shape index (κ1) is 17.0. The van der Waals surface area contributed by atoms with E-state index in [4.69, 9.17) is 10.5 Å². The molecule has 6 heteroatoms. The van der Waals surface area contributed by atoms with Crippen molar-refractivity contribution in [3.05, 3.63) is 0 Å². The molecule has 0 spiro atoms.